The number of para-hydroxylation sites is 2. The average molecular weight is 394 g/mol. The van der Waals surface area contributed by atoms with Gasteiger partial charge in [0.05, 0.1) is 12.4 Å². The van der Waals surface area contributed by atoms with Crippen LogP contribution in [-0.4, -0.2) is 23.3 Å². The largest absolute Gasteiger partial charge is 0.508 e. The van der Waals surface area contributed by atoms with Gasteiger partial charge in [-0.05, 0) is 17.7 Å². The molecule has 2 N–H and O–H groups in total. The Morgan fingerprint density at radius 3 is 1.96 bits per heavy atom. The zero-order valence-electron chi connectivity index (χ0n) is 15.5. The minimum Gasteiger partial charge on any atom is -0.508 e. The lowest BCUT2D eigenvalue weighted by Crippen LogP contribution is -2.21. The second kappa shape index (κ2) is 9.33. The molecule has 0 fully saturated rings. The topological polar surface area (TPSA) is 66.8 Å². The molecule has 0 aliphatic heterocycles. The maximum absolute atomic E-state index is 12.8. The number of carbonyl (C=O) groups is 1. The normalized spacial score (nSPS) is 12.9. The van der Waals surface area contributed by atoms with Crippen LogP contribution in [0.3, 0.4) is 0 Å². The van der Waals surface area contributed by atoms with Gasteiger partial charge in [0.15, 0.2) is 0 Å². The summed E-state index contributed by atoms with van der Waals surface area (Å²) < 4.78 is 5.07. The molecule has 28 heavy (non-hydrogen) atoms. The molecule has 0 heterocycles. The number of phenols is 2. The molecule has 3 aromatic carbocycles. The van der Waals surface area contributed by atoms with Crippen molar-refractivity contribution in [3.8, 4) is 11.5 Å². The number of benzene rings is 3. The Morgan fingerprint density at radius 2 is 1.39 bits per heavy atom. The zero-order valence-corrected chi connectivity index (χ0v) is 16.3. The lowest BCUT2D eigenvalue weighted by atomic mass is 9.90. The van der Waals surface area contributed by atoms with Gasteiger partial charge < -0.3 is 14.9 Å². The van der Waals surface area contributed by atoms with Crippen molar-refractivity contribution < 1.29 is 19.7 Å². The molecule has 0 spiro atoms. The summed E-state index contributed by atoms with van der Waals surface area (Å²) in [4.78, 5) is 12.8. The molecular weight excluding hydrogens is 372 g/mol. The highest BCUT2D eigenvalue weighted by molar-refractivity contribution is 7.98. The average Bonchev–Trinajstić information content (AvgIpc) is 2.73. The van der Waals surface area contributed by atoms with Gasteiger partial charge in [-0.15, -0.1) is 11.8 Å². The van der Waals surface area contributed by atoms with Gasteiger partial charge in [-0.3, -0.25) is 4.79 Å². The number of phenolic OH excluding ortho intramolecular Hbond substituents is 2. The lowest BCUT2D eigenvalue weighted by Gasteiger charge is -2.27. The maximum atomic E-state index is 12.8. The number of hydrogen-bond acceptors (Lipinski definition) is 5. The summed E-state index contributed by atoms with van der Waals surface area (Å²) >= 11 is 1.53. The molecule has 0 bridgehead atoms. The van der Waals surface area contributed by atoms with Crippen LogP contribution in [0, 0.1) is 0 Å². The van der Waals surface area contributed by atoms with Crippen LogP contribution in [0.5, 0.6) is 11.5 Å². The molecule has 0 saturated carbocycles. The molecule has 0 aliphatic rings. The molecule has 0 aromatic heterocycles. The molecular formula is C23H22O4S. The van der Waals surface area contributed by atoms with Gasteiger partial charge in [0.2, 0.25) is 0 Å². The Bertz CT molecular complexity index is 927. The summed E-state index contributed by atoms with van der Waals surface area (Å²) in [7, 11) is 1.33. The fraction of sp³-hybridized carbons (Fsp3) is 0.174. The lowest BCUT2D eigenvalue weighted by molar-refractivity contribution is -0.142. The highest BCUT2D eigenvalue weighted by Crippen LogP contribution is 2.48. The van der Waals surface area contributed by atoms with Crippen molar-refractivity contribution in [2.75, 3.05) is 7.11 Å². The van der Waals surface area contributed by atoms with Crippen molar-refractivity contribution in [2.24, 2.45) is 0 Å². The van der Waals surface area contributed by atoms with Crippen LogP contribution in [0.25, 0.3) is 0 Å². The van der Waals surface area contributed by atoms with Crippen molar-refractivity contribution in [1.29, 1.82) is 0 Å². The highest BCUT2D eigenvalue weighted by atomic mass is 32.2. The van der Waals surface area contributed by atoms with Crippen LogP contribution in [0.2, 0.25) is 0 Å². The minimum atomic E-state index is -0.770. The maximum Gasteiger partial charge on any atom is 0.314 e. The molecule has 144 valence electrons. The van der Waals surface area contributed by atoms with Gasteiger partial charge in [0.25, 0.3) is 0 Å². The standard InChI is InChI=1S/C23H22O4S/c1-27-23(26)21(17-11-5-7-13-19(17)24)22(18-12-6-8-14-20(18)25)28-15-16-9-3-2-4-10-16/h2-14,21-22,24-25H,15H2,1H3/t21-,22+/m1/s1. The third kappa shape index (κ3) is 4.49. The van der Waals surface area contributed by atoms with Crippen LogP contribution in [0.15, 0.2) is 78.9 Å². The van der Waals surface area contributed by atoms with Crippen molar-refractivity contribution in [1.82, 2.24) is 0 Å². The third-order valence-electron chi connectivity index (χ3n) is 4.55. The van der Waals surface area contributed by atoms with E-state index < -0.39 is 17.1 Å². The molecule has 4 nitrogen and oxygen atoms in total. The van der Waals surface area contributed by atoms with Crippen LogP contribution >= 0.6 is 11.8 Å². The van der Waals surface area contributed by atoms with E-state index in [0.29, 0.717) is 16.9 Å². The second-order valence-corrected chi connectivity index (χ2v) is 7.47. The van der Waals surface area contributed by atoms with E-state index in [0.717, 1.165) is 5.56 Å². The number of esters is 1. The van der Waals surface area contributed by atoms with Crippen LogP contribution < -0.4 is 0 Å². The summed E-state index contributed by atoms with van der Waals surface area (Å²) in [5.41, 5.74) is 2.21. The van der Waals surface area contributed by atoms with Crippen LogP contribution in [0.4, 0.5) is 0 Å². The van der Waals surface area contributed by atoms with Gasteiger partial charge in [-0.1, -0.05) is 66.7 Å². The quantitative estimate of drug-likeness (QED) is 0.550. The van der Waals surface area contributed by atoms with E-state index in [9.17, 15) is 15.0 Å². The summed E-state index contributed by atoms with van der Waals surface area (Å²) in [6.45, 7) is 0. The number of carbonyl (C=O) groups excluding carboxylic acids is 1. The fourth-order valence-corrected chi connectivity index (χ4v) is 4.54. The zero-order chi connectivity index (χ0) is 19.9. The van der Waals surface area contributed by atoms with Crippen LogP contribution in [-0.2, 0) is 15.3 Å². The van der Waals surface area contributed by atoms with E-state index in [4.69, 9.17) is 4.74 Å². The molecule has 3 rings (SSSR count). The second-order valence-electron chi connectivity index (χ2n) is 6.34. The first-order valence-electron chi connectivity index (χ1n) is 8.91. The van der Waals surface area contributed by atoms with E-state index in [1.807, 2.05) is 36.4 Å². The van der Waals surface area contributed by atoms with E-state index in [-0.39, 0.29) is 11.5 Å². The van der Waals surface area contributed by atoms with E-state index in [1.54, 1.807) is 42.5 Å². The van der Waals surface area contributed by atoms with Crippen molar-refractivity contribution in [3.05, 3.63) is 95.6 Å². The number of rotatable bonds is 7. The van der Waals surface area contributed by atoms with Crippen LogP contribution in [0.1, 0.15) is 27.9 Å². The van der Waals surface area contributed by atoms with Gasteiger partial charge in [0, 0.05) is 16.9 Å². The number of aromatic hydroxyl groups is 2. The van der Waals surface area contributed by atoms with Crippen molar-refractivity contribution in [2.45, 2.75) is 16.9 Å². The van der Waals surface area contributed by atoms with Gasteiger partial charge in [-0.25, -0.2) is 0 Å². The molecule has 0 saturated heterocycles. The number of hydrogen-bond donors (Lipinski definition) is 2. The Hall–Kier alpha value is -2.92. The Kier molecular flexibility index (Phi) is 6.61. The minimum absolute atomic E-state index is 0.0265. The first kappa shape index (κ1) is 19.8. The summed E-state index contributed by atoms with van der Waals surface area (Å²) in [6.07, 6.45) is 0. The van der Waals surface area contributed by atoms with Gasteiger partial charge in [-0.2, -0.15) is 0 Å². The highest BCUT2D eigenvalue weighted by Gasteiger charge is 2.35. The molecule has 5 heteroatoms. The predicted octanol–water partition coefficient (Wildman–Crippen LogP) is 5.03. The SMILES string of the molecule is COC(=O)[C@H](c1ccccc1O)[C@@H](SCc1ccccc1)c1ccccc1O. The first-order chi connectivity index (χ1) is 13.6. The van der Waals surface area contributed by atoms with E-state index in [2.05, 4.69) is 0 Å². The monoisotopic (exact) mass is 394 g/mol. The van der Waals surface area contributed by atoms with E-state index >= 15 is 0 Å². The Morgan fingerprint density at radius 1 is 0.857 bits per heavy atom. The molecule has 0 radical (unpaired) electrons. The summed E-state index contributed by atoms with van der Waals surface area (Å²) in [6, 6.07) is 23.6. The molecule has 2 atom stereocenters. The van der Waals surface area contributed by atoms with E-state index in [1.165, 1.54) is 18.9 Å². The summed E-state index contributed by atoms with van der Waals surface area (Å²) in [5, 5.41) is 20.4. The molecule has 3 aromatic rings. The Labute approximate surface area is 168 Å². The fourth-order valence-electron chi connectivity index (χ4n) is 3.15. The molecule has 0 amide bonds. The number of thioether (sulfide) groups is 1. The van der Waals surface area contributed by atoms with Gasteiger partial charge in [0.1, 0.15) is 17.4 Å². The smallest absolute Gasteiger partial charge is 0.314 e. The summed E-state index contributed by atoms with van der Waals surface area (Å²) in [5.74, 6) is -0.458. The third-order valence-corrected chi connectivity index (χ3v) is 5.93. The predicted molar refractivity (Wildman–Crippen MR) is 111 cm³/mol. The molecule has 0 unspecified atom stereocenters. The number of ether oxygens (including phenoxy) is 1. The van der Waals surface area contributed by atoms with Crippen molar-refractivity contribution >= 4 is 17.7 Å². The first-order valence-corrected chi connectivity index (χ1v) is 9.96. The number of methoxy groups -OCH3 is 1. The van der Waals surface area contributed by atoms with Crippen molar-refractivity contribution in [3.63, 3.8) is 0 Å². The molecule has 0 aliphatic carbocycles. The Balaban J connectivity index is 2.05. The van der Waals surface area contributed by atoms with Gasteiger partial charge >= 0.3 is 5.97 Å².